The Morgan fingerprint density at radius 3 is 2.28 bits per heavy atom. The lowest BCUT2D eigenvalue weighted by atomic mass is 10.0. The number of hydrogen-bond acceptors (Lipinski definition) is 3. The Hall–Kier alpha value is -2.91. The molecule has 0 saturated heterocycles. The molecule has 1 N–H and O–H groups in total. The van der Waals surface area contributed by atoms with Gasteiger partial charge in [0.2, 0.25) is 0 Å². The van der Waals surface area contributed by atoms with E-state index in [2.05, 4.69) is 27.6 Å². The second-order valence-corrected chi connectivity index (χ2v) is 6.30. The highest BCUT2D eigenvalue weighted by Crippen LogP contribution is 2.31. The number of halogens is 1. The summed E-state index contributed by atoms with van der Waals surface area (Å²) in [7, 11) is 0. The van der Waals surface area contributed by atoms with Crippen LogP contribution in [0.3, 0.4) is 0 Å². The van der Waals surface area contributed by atoms with Crippen molar-refractivity contribution >= 4 is 33.9 Å². The van der Waals surface area contributed by atoms with Crippen molar-refractivity contribution in [1.29, 1.82) is 0 Å². The number of nitrogens with one attached hydrogen (secondary N) is 1. The molecular weight excluding hydrogens is 330 g/mol. The van der Waals surface area contributed by atoms with E-state index in [1.165, 1.54) is 0 Å². The molecule has 0 aliphatic carbocycles. The van der Waals surface area contributed by atoms with Crippen molar-refractivity contribution in [2.24, 2.45) is 0 Å². The van der Waals surface area contributed by atoms with Gasteiger partial charge in [0.05, 0.1) is 0 Å². The van der Waals surface area contributed by atoms with Gasteiger partial charge in [0, 0.05) is 27.0 Å². The number of anilines is 2. The van der Waals surface area contributed by atoms with E-state index in [0.29, 0.717) is 0 Å². The van der Waals surface area contributed by atoms with Crippen molar-refractivity contribution < 1.29 is 0 Å². The molecule has 0 amide bonds. The number of aromatic nitrogens is 2. The maximum absolute atomic E-state index is 6.11. The van der Waals surface area contributed by atoms with Crippen molar-refractivity contribution in [1.82, 2.24) is 10.2 Å². The standard InChI is InChI=1S/C21H16ClN3/c1-14-13-16(11-12-19(14)22)23-21-18-10-6-5-9-17(18)20(24-25-21)15-7-3-2-4-8-15/h2-13H,1H3,(H,23,25). The van der Waals surface area contributed by atoms with Crippen LogP contribution in [-0.2, 0) is 0 Å². The Morgan fingerprint density at radius 2 is 1.52 bits per heavy atom. The van der Waals surface area contributed by atoms with E-state index in [9.17, 15) is 0 Å². The van der Waals surface area contributed by atoms with Crippen LogP contribution in [0.15, 0.2) is 72.8 Å². The van der Waals surface area contributed by atoms with E-state index < -0.39 is 0 Å². The van der Waals surface area contributed by atoms with Crippen LogP contribution in [-0.4, -0.2) is 10.2 Å². The fourth-order valence-corrected chi connectivity index (χ4v) is 2.98. The summed E-state index contributed by atoms with van der Waals surface area (Å²) in [5, 5.41) is 15.1. The summed E-state index contributed by atoms with van der Waals surface area (Å²) in [5.41, 5.74) is 3.90. The third-order valence-corrected chi connectivity index (χ3v) is 4.58. The van der Waals surface area contributed by atoms with E-state index in [0.717, 1.165) is 44.1 Å². The lowest BCUT2D eigenvalue weighted by molar-refractivity contribution is 1.06. The lowest BCUT2D eigenvalue weighted by Crippen LogP contribution is -1.99. The van der Waals surface area contributed by atoms with Crippen molar-refractivity contribution in [2.75, 3.05) is 5.32 Å². The largest absolute Gasteiger partial charge is 0.338 e. The van der Waals surface area contributed by atoms with Crippen LogP contribution in [0.25, 0.3) is 22.0 Å². The first-order valence-electron chi connectivity index (χ1n) is 8.06. The van der Waals surface area contributed by atoms with Crippen LogP contribution in [0.5, 0.6) is 0 Å². The van der Waals surface area contributed by atoms with Gasteiger partial charge in [-0.15, -0.1) is 10.2 Å². The van der Waals surface area contributed by atoms with E-state index in [1.54, 1.807) is 0 Å². The molecule has 1 heterocycles. The average Bonchev–Trinajstić information content (AvgIpc) is 2.66. The zero-order chi connectivity index (χ0) is 17.2. The summed E-state index contributed by atoms with van der Waals surface area (Å²) < 4.78 is 0. The molecule has 4 aromatic rings. The fraction of sp³-hybridized carbons (Fsp3) is 0.0476. The van der Waals surface area contributed by atoms with Crippen molar-refractivity contribution in [2.45, 2.75) is 6.92 Å². The highest BCUT2D eigenvalue weighted by atomic mass is 35.5. The van der Waals surface area contributed by atoms with Gasteiger partial charge < -0.3 is 5.32 Å². The van der Waals surface area contributed by atoms with Gasteiger partial charge in [-0.3, -0.25) is 0 Å². The minimum atomic E-state index is 0.733. The predicted molar refractivity (Wildman–Crippen MR) is 104 cm³/mol. The lowest BCUT2D eigenvalue weighted by Gasteiger charge is -2.12. The molecule has 3 aromatic carbocycles. The Kier molecular flexibility index (Phi) is 4.08. The number of nitrogens with zero attached hydrogens (tertiary/aromatic N) is 2. The quantitative estimate of drug-likeness (QED) is 0.494. The SMILES string of the molecule is Cc1cc(Nc2nnc(-c3ccccc3)c3ccccc23)ccc1Cl. The summed E-state index contributed by atoms with van der Waals surface area (Å²) in [5.74, 6) is 0.733. The van der Waals surface area contributed by atoms with Crippen molar-refractivity contribution in [3.8, 4) is 11.3 Å². The molecule has 0 unspecified atom stereocenters. The maximum atomic E-state index is 6.11. The molecule has 1 aromatic heterocycles. The van der Waals surface area contributed by atoms with E-state index in [1.807, 2.05) is 67.6 Å². The van der Waals surface area contributed by atoms with E-state index >= 15 is 0 Å². The highest BCUT2D eigenvalue weighted by Gasteiger charge is 2.11. The molecule has 122 valence electrons. The number of hydrogen-bond donors (Lipinski definition) is 1. The predicted octanol–water partition coefficient (Wildman–Crippen LogP) is 6.00. The summed E-state index contributed by atoms with van der Waals surface area (Å²) in [6.07, 6.45) is 0. The Balaban J connectivity index is 1.82. The van der Waals surface area contributed by atoms with Crippen LogP contribution >= 0.6 is 11.6 Å². The summed E-state index contributed by atoms with van der Waals surface area (Å²) in [6.45, 7) is 1.98. The third kappa shape index (κ3) is 3.06. The summed E-state index contributed by atoms with van der Waals surface area (Å²) in [6, 6.07) is 24.1. The van der Waals surface area contributed by atoms with Gasteiger partial charge in [-0.1, -0.05) is 66.2 Å². The molecule has 0 fully saturated rings. The zero-order valence-corrected chi connectivity index (χ0v) is 14.5. The molecular formula is C21H16ClN3. The van der Waals surface area contributed by atoms with E-state index in [-0.39, 0.29) is 0 Å². The molecule has 0 atom stereocenters. The molecule has 25 heavy (non-hydrogen) atoms. The van der Waals surface area contributed by atoms with Crippen molar-refractivity contribution in [3.05, 3.63) is 83.4 Å². The molecule has 0 bridgehead atoms. The first kappa shape index (κ1) is 15.6. The second-order valence-electron chi connectivity index (χ2n) is 5.90. The zero-order valence-electron chi connectivity index (χ0n) is 13.7. The minimum Gasteiger partial charge on any atom is -0.338 e. The molecule has 3 nitrogen and oxygen atoms in total. The van der Waals surface area contributed by atoms with Crippen LogP contribution < -0.4 is 5.32 Å². The van der Waals surface area contributed by atoms with Crippen LogP contribution in [0.1, 0.15) is 5.56 Å². The maximum Gasteiger partial charge on any atom is 0.161 e. The molecule has 0 spiro atoms. The Morgan fingerprint density at radius 1 is 0.800 bits per heavy atom. The monoisotopic (exact) mass is 345 g/mol. The smallest absolute Gasteiger partial charge is 0.161 e. The van der Waals surface area contributed by atoms with Gasteiger partial charge in [0.25, 0.3) is 0 Å². The molecule has 0 radical (unpaired) electrons. The second kappa shape index (κ2) is 6.54. The van der Waals surface area contributed by atoms with Crippen molar-refractivity contribution in [3.63, 3.8) is 0 Å². The van der Waals surface area contributed by atoms with Gasteiger partial charge in [0.15, 0.2) is 5.82 Å². The molecule has 0 saturated carbocycles. The number of rotatable bonds is 3. The summed E-state index contributed by atoms with van der Waals surface area (Å²) >= 11 is 6.11. The Bertz CT molecular complexity index is 1050. The summed E-state index contributed by atoms with van der Waals surface area (Å²) in [4.78, 5) is 0. The van der Waals surface area contributed by atoms with Crippen LogP contribution in [0.4, 0.5) is 11.5 Å². The molecule has 0 aliphatic rings. The van der Waals surface area contributed by atoms with Gasteiger partial charge in [-0.25, -0.2) is 0 Å². The number of benzene rings is 3. The van der Waals surface area contributed by atoms with Crippen LogP contribution in [0, 0.1) is 6.92 Å². The van der Waals surface area contributed by atoms with Gasteiger partial charge in [-0.05, 0) is 30.7 Å². The first-order valence-corrected chi connectivity index (χ1v) is 8.44. The molecule has 4 rings (SSSR count). The fourth-order valence-electron chi connectivity index (χ4n) is 2.86. The van der Waals surface area contributed by atoms with Gasteiger partial charge in [-0.2, -0.15) is 0 Å². The van der Waals surface area contributed by atoms with Crippen LogP contribution in [0.2, 0.25) is 5.02 Å². The molecule has 4 heteroatoms. The average molecular weight is 346 g/mol. The normalized spacial score (nSPS) is 10.8. The topological polar surface area (TPSA) is 37.8 Å². The third-order valence-electron chi connectivity index (χ3n) is 4.16. The number of aryl methyl sites for hydroxylation is 1. The Labute approximate surface area is 151 Å². The minimum absolute atomic E-state index is 0.733. The molecule has 0 aliphatic heterocycles. The van der Waals surface area contributed by atoms with Gasteiger partial charge in [0.1, 0.15) is 5.69 Å². The van der Waals surface area contributed by atoms with Gasteiger partial charge >= 0.3 is 0 Å². The number of fused-ring (bicyclic) bond motifs is 1. The first-order chi connectivity index (χ1) is 12.2. The van der Waals surface area contributed by atoms with E-state index in [4.69, 9.17) is 11.6 Å². The highest BCUT2D eigenvalue weighted by molar-refractivity contribution is 6.31.